The highest BCUT2D eigenvalue weighted by Gasteiger charge is 2.12. The van der Waals surface area contributed by atoms with E-state index in [-0.39, 0.29) is 0 Å². The van der Waals surface area contributed by atoms with Gasteiger partial charge >= 0.3 is 0 Å². The Labute approximate surface area is 190 Å². The second kappa shape index (κ2) is 10.4. The van der Waals surface area contributed by atoms with Crippen LogP contribution >= 0.6 is 0 Å². The molecule has 4 heteroatoms. The summed E-state index contributed by atoms with van der Waals surface area (Å²) < 4.78 is 14.4. The molecule has 0 radical (unpaired) electrons. The van der Waals surface area contributed by atoms with Gasteiger partial charge in [0.15, 0.2) is 0 Å². The molecular formula is C28H32N2O2. The van der Waals surface area contributed by atoms with E-state index >= 15 is 0 Å². The summed E-state index contributed by atoms with van der Waals surface area (Å²) in [5, 5.41) is 0. The zero-order valence-electron chi connectivity index (χ0n) is 19.3. The maximum Gasteiger partial charge on any atom is 0.147 e. The first-order chi connectivity index (χ1) is 15.6. The van der Waals surface area contributed by atoms with Crippen molar-refractivity contribution in [1.29, 1.82) is 0 Å². The predicted molar refractivity (Wildman–Crippen MR) is 131 cm³/mol. The Hall–Kier alpha value is -3.27. The van der Waals surface area contributed by atoms with Crippen LogP contribution in [0.1, 0.15) is 49.6 Å². The summed E-state index contributed by atoms with van der Waals surface area (Å²) in [6.07, 6.45) is 2.00. The van der Waals surface area contributed by atoms with Crippen molar-refractivity contribution in [3.8, 4) is 11.5 Å². The Morgan fingerprint density at radius 2 is 1.66 bits per heavy atom. The van der Waals surface area contributed by atoms with Gasteiger partial charge in [-0.3, -0.25) is 0 Å². The summed E-state index contributed by atoms with van der Waals surface area (Å²) in [7, 11) is 0. The van der Waals surface area contributed by atoms with E-state index in [2.05, 4.69) is 61.7 Å². The first-order valence-electron chi connectivity index (χ1n) is 11.5. The van der Waals surface area contributed by atoms with Crippen LogP contribution in [0.3, 0.4) is 0 Å². The van der Waals surface area contributed by atoms with E-state index in [1.54, 1.807) is 0 Å². The van der Waals surface area contributed by atoms with E-state index in [0.29, 0.717) is 19.1 Å². The van der Waals surface area contributed by atoms with Crippen molar-refractivity contribution in [2.24, 2.45) is 0 Å². The smallest absolute Gasteiger partial charge is 0.147 e. The van der Waals surface area contributed by atoms with Gasteiger partial charge in [-0.2, -0.15) is 0 Å². The summed E-state index contributed by atoms with van der Waals surface area (Å²) in [6, 6.07) is 24.7. The van der Waals surface area contributed by atoms with Gasteiger partial charge in [-0.1, -0.05) is 56.3 Å². The molecule has 0 bridgehead atoms. The lowest BCUT2D eigenvalue weighted by Gasteiger charge is -2.15. The quantitative estimate of drug-likeness (QED) is 0.258. The predicted octanol–water partition coefficient (Wildman–Crippen LogP) is 6.91. The largest absolute Gasteiger partial charge is 0.493 e. The molecule has 0 unspecified atom stereocenters. The number of benzene rings is 3. The maximum absolute atomic E-state index is 6.17. The highest BCUT2D eigenvalue weighted by atomic mass is 16.5. The van der Waals surface area contributed by atoms with Gasteiger partial charge in [0.05, 0.1) is 17.6 Å². The van der Waals surface area contributed by atoms with Gasteiger partial charge < -0.3 is 14.0 Å². The number of rotatable bonds is 10. The van der Waals surface area contributed by atoms with Crippen LogP contribution in [0, 0.1) is 6.92 Å². The first kappa shape index (κ1) is 21.9. The number of ether oxygens (including phenoxy) is 2. The number of hydrogen-bond donors (Lipinski definition) is 0. The molecule has 4 rings (SSSR count). The van der Waals surface area contributed by atoms with Crippen molar-refractivity contribution in [1.82, 2.24) is 9.55 Å². The third-order valence-corrected chi connectivity index (χ3v) is 5.67. The normalized spacial score (nSPS) is 11.2. The van der Waals surface area contributed by atoms with E-state index in [4.69, 9.17) is 14.5 Å². The van der Waals surface area contributed by atoms with E-state index in [1.165, 1.54) is 11.1 Å². The first-order valence-corrected chi connectivity index (χ1v) is 11.5. The summed E-state index contributed by atoms with van der Waals surface area (Å²) >= 11 is 0. The number of aromatic nitrogens is 2. The van der Waals surface area contributed by atoms with Gasteiger partial charge in [-0.15, -0.1) is 0 Å². The standard InChI is InChI=1S/C28H32N2O2/c1-21(2)24-16-15-22(3)19-27(24)31-18-10-9-17-30-26-14-8-7-13-25(26)29-28(30)20-32-23-11-5-4-6-12-23/h4-8,11-16,19,21H,9-10,17-18,20H2,1-3H3. The molecule has 0 atom stereocenters. The fraction of sp³-hybridized carbons (Fsp3) is 0.321. The molecule has 0 spiro atoms. The molecule has 3 aromatic carbocycles. The van der Waals surface area contributed by atoms with Crippen LogP contribution in [0.2, 0.25) is 0 Å². The lowest BCUT2D eigenvalue weighted by molar-refractivity contribution is 0.284. The minimum Gasteiger partial charge on any atom is -0.493 e. The Morgan fingerprint density at radius 1 is 0.875 bits per heavy atom. The second-order valence-electron chi connectivity index (χ2n) is 8.52. The Bertz CT molecular complexity index is 1150. The summed E-state index contributed by atoms with van der Waals surface area (Å²) in [6.45, 7) is 8.59. The number of hydrogen-bond acceptors (Lipinski definition) is 3. The Morgan fingerprint density at radius 3 is 2.47 bits per heavy atom. The minimum atomic E-state index is 0.454. The molecule has 4 nitrogen and oxygen atoms in total. The molecule has 0 N–H and O–H groups in total. The Balaban J connectivity index is 1.38. The lowest BCUT2D eigenvalue weighted by atomic mass is 10.0. The molecular weight excluding hydrogens is 396 g/mol. The average Bonchev–Trinajstić information content (AvgIpc) is 3.15. The van der Waals surface area contributed by atoms with Crippen molar-refractivity contribution >= 4 is 11.0 Å². The zero-order valence-corrected chi connectivity index (χ0v) is 19.3. The van der Waals surface area contributed by atoms with E-state index in [1.807, 2.05) is 36.4 Å². The van der Waals surface area contributed by atoms with Crippen LogP contribution in [0.25, 0.3) is 11.0 Å². The summed E-state index contributed by atoms with van der Waals surface area (Å²) in [5.74, 6) is 3.29. The molecule has 0 aliphatic heterocycles. The third-order valence-electron chi connectivity index (χ3n) is 5.67. The monoisotopic (exact) mass is 428 g/mol. The van der Waals surface area contributed by atoms with Gasteiger partial charge in [0.1, 0.15) is 23.9 Å². The van der Waals surface area contributed by atoms with Crippen LogP contribution in [-0.4, -0.2) is 16.2 Å². The minimum absolute atomic E-state index is 0.454. The molecule has 0 aliphatic rings. The van der Waals surface area contributed by atoms with Crippen LogP contribution in [-0.2, 0) is 13.2 Å². The average molecular weight is 429 g/mol. The van der Waals surface area contributed by atoms with Crippen LogP contribution in [0.15, 0.2) is 72.8 Å². The molecule has 0 aliphatic carbocycles. The van der Waals surface area contributed by atoms with Gasteiger partial charge in [0.2, 0.25) is 0 Å². The van der Waals surface area contributed by atoms with Crippen LogP contribution in [0.5, 0.6) is 11.5 Å². The molecule has 32 heavy (non-hydrogen) atoms. The lowest BCUT2D eigenvalue weighted by Crippen LogP contribution is -2.09. The van der Waals surface area contributed by atoms with Crippen molar-refractivity contribution in [2.45, 2.75) is 52.7 Å². The van der Waals surface area contributed by atoms with Crippen LogP contribution < -0.4 is 9.47 Å². The molecule has 0 saturated carbocycles. The number of unbranched alkanes of at least 4 members (excludes halogenated alkanes) is 1. The molecule has 1 aromatic heterocycles. The van der Waals surface area contributed by atoms with Gasteiger partial charge in [-0.05, 0) is 67.1 Å². The fourth-order valence-electron chi connectivity index (χ4n) is 3.95. The fourth-order valence-corrected chi connectivity index (χ4v) is 3.95. The number of para-hydroxylation sites is 3. The van der Waals surface area contributed by atoms with Gasteiger partial charge in [0, 0.05) is 6.54 Å². The van der Waals surface area contributed by atoms with E-state index in [9.17, 15) is 0 Å². The number of aryl methyl sites for hydroxylation is 2. The number of nitrogens with zero attached hydrogens (tertiary/aromatic N) is 2. The number of imidazole rings is 1. The zero-order chi connectivity index (χ0) is 22.3. The van der Waals surface area contributed by atoms with Crippen LogP contribution in [0.4, 0.5) is 0 Å². The molecule has 0 fully saturated rings. The van der Waals surface area contributed by atoms with E-state index in [0.717, 1.165) is 47.7 Å². The highest BCUT2D eigenvalue weighted by molar-refractivity contribution is 5.75. The summed E-state index contributed by atoms with van der Waals surface area (Å²) in [4.78, 5) is 4.82. The molecule has 4 aromatic rings. The highest BCUT2D eigenvalue weighted by Crippen LogP contribution is 2.27. The molecule has 1 heterocycles. The molecule has 166 valence electrons. The topological polar surface area (TPSA) is 36.3 Å². The SMILES string of the molecule is Cc1ccc(C(C)C)c(OCCCCn2c(COc3ccccc3)nc3ccccc32)c1. The molecule has 0 amide bonds. The maximum atomic E-state index is 6.17. The second-order valence-corrected chi connectivity index (χ2v) is 8.52. The van der Waals surface area contributed by atoms with Gasteiger partial charge in [-0.25, -0.2) is 4.98 Å². The van der Waals surface area contributed by atoms with Crippen molar-refractivity contribution in [3.05, 3.63) is 89.7 Å². The van der Waals surface area contributed by atoms with Crippen molar-refractivity contribution in [2.75, 3.05) is 6.61 Å². The van der Waals surface area contributed by atoms with Crippen molar-refractivity contribution < 1.29 is 9.47 Å². The number of fused-ring (bicyclic) bond motifs is 1. The molecule has 0 saturated heterocycles. The Kier molecular flexibility index (Phi) is 7.10. The third kappa shape index (κ3) is 5.31. The van der Waals surface area contributed by atoms with Gasteiger partial charge in [0.25, 0.3) is 0 Å². The van der Waals surface area contributed by atoms with E-state index < -0.39 is 0 Å². The summed E-state index contributed by atoms with van der Waals surface area (Å²) in [5.41, 5.74) is 4.67. The van der Waals surface area contributed by atoms with Crippen molar-refractivity contribution in [3.63, 3.8) is 0 Å².